The minimum Gasteiger partial charge on any atom is -0.454 e. The van der Waals surface area contributed by atoms with Gasteiger partial charge >= 0.3 is 5.97 Å². The Kier molecular flexibility index (Phi) is 51.1. The fraction of sp³-hybridized carbons (Fsp3) is 0.848. The lowest BCUT2D eigenvalue weighted by atomic mass is 9.99. The maximum absolute atomic E-state index is 13.3. The first kappa shape index (κ1) is 72.6. The molecule has 0 aromatic carbocycles. The van der Waals surface area contributed by atoms with Crippen molar-refractivity contribution in [3.8, 4) is 0 Å². The first-order chi connectivity index (χ1) is 37.7. The summed E-state index contributed by atoms with van der Waals surface area (Å²) in [4.78, 5) is 26.5. The van der Waals surface area contributed by atoms with Crippen LogP contribution >= 0.6 is 0 Å². The third kappa shape index (κ3) is 42.2. The fourth-order valence-corrected chi connectivity index (χ4v) is 10.0. The molecule has 1 rings (SSSR count). The summed E-state index contributed by atoms with van der Waals surface area (Å²) in [5, 5.41) is 56.8. The van der Waals surface area contributed by atoms with Gasteiger partial charge in [-0.25, -0.2) is 0 Å². The first-order valence-corrected chi connectivity index (χ1v) is 32.4. The van der Waals surface area contributed by atoms with Crippen molar-refractivity contribution >= 4 is 11.9 Å². The predicted molar refractivity (Wildman–Crippen MR) is 320 cm³/mol. The van der Waals surface area contributed by atoms with Crippen LogP contribution < -0.4 is 5.32 Å². The summed E-state index contributed by atoms with van der Waals surface area (Å²) in [6.07, 6.45) is 56.1. The number of aliphatic hydroxyl groups is 5. The molecule has 1 fully saturated rings. The summed E-state index contributed by atoms with van der Waals surface area (Å²) >= 11 is 0. The molecule has 450 valence electrons. The molecule has 0 saturated carbocycles. The summed E-state index contributed by atoms with van der Waals surface area (Å²) < 4.78 is 17.6. The molecule has 77 heavy (non-hydrogen) atoms. The summed E-state index contributed by atoms with van der Waals surface area (Å²) in [6, 6.07) is -1.02. The van der Waals surface area contributed by atoms with Crippen molar-refractivity contribution in [1.29, 1.82) is 0 Å². The van der Waals surface area contributed by atoms with Crippen LogP contribution in [0.5, 0.6) is 0 Å². The van der Waals surface area contributed by atoms with E-state index in [-0.39, 0.29) is 19.4 Å². The number of allylic oxidation sites excluding steroid dienone is 7. The average molecular weight is 1090 g/mol. The van der Waals surface area contributed by atoms with E-state index in [2.05, 4.69) is 62.5 Å². The molecule has 0 aromatic heterocycles. The minimum atomic E-state index is -1.61. The largest absolute Gasteiger partial charge is 0.454 e. The maximum atomic E-state index is 13.3. The Hall–Kier alpha value is -2.38. The number of ether oxygens (including phenoxy) is 3. The van der Waals surface area contributed by atoms with E-state index in [0.29, 0.717) is 12.8 Å². The van der Waals surface area contributed by atoms with Crippen LogP contribution in [0.25, 0.3) is 0 Å². The van der Waals surface area contributed by atoms with Gasteiger partial charge in [-0.3, -0.25) is 9.59 Å². The number of aliphatic hydroxyl groups excluding tert-OH is 5. The standard InChI is InChI=1S/C66H121NO10/c1-4-7-10-13-16-19-22-23-24-25-26-27-28-29-30-31-32-33-34-35-36-37-39-42-45-48-51-54-61(71)77-64-63(73)62(72)60(55-68)76-66(64)75-56-57(58(69)52-49-46-43-41-38-20-17-14-11-8-5-2)67-65(74)59(70)53-50-47-44-40-21-18-15-12-9-6-3/h15-16,18-19,23-24,49,52,57-60,62-64,66,68-70,72-73H,4-14,17,20-22,25-48,50-51,53-56H2,1-3H3,(H,67,74)/b18-15-,19-16-,24-23-,52-49+. The van der Waals surface area contributed by atoms with E-state index < -0.39 is 67.4 Å². The molecule has 8 atom stereocenters. The lowest BCUT2D eigenvalue weighted by Crippen LogP contribution is -2.61. The lowest BCUT2D eigenvalue weighted by molar-refractivity contribution is -0.305. The highest BCUT2D eigenvalue weighted by atomic mass is 16.7. The van der Waals surface area contributed by atoms with E-state index in [1.54, 1.807) is 6.08 Å². The van der Waals surface area contributed by atoms with Crippen LogP contribution in [0.15, 0.2) is 48.6 Å². The molecule has 1 saturated heterocycles. The van der Waals surface area contributed by atoms with Gasteiger partial charge in [-0.1, -0.05) is 262 Å². The maximum Gasteiger partial charge on any atom is 0.306 e. The highest BCUT2D eigenvalue weighted by Gasteiger charge is 2.47. The van der Waals surface area contributed by atoms with Gasteiger partial charge in [0.05, 0.1) is 25.4 Å². The Morgan fingerprint density at radius 2 is 0.909 bits per heavy atom. The molecule has 1 aliphatic rings. The second kappa shape index (κ2) is 54.2. The molecule has 0 spiro atoms. The molecule has 1 amide bonds. The molecule has 6 N–H and O–H groups in total. The van der Waals surface area contributed by atoms with Crippen LogP contribution in [0.4, 0.5) is 0 Å². The number of unbranched alkanes of at least 4 members (excludes halogenated alkanes) is 35. The van der Waals surface area contributed by atoms with E-state index >= 15 is 0 Å². The normalized spacial score (nSPS) is 19.3. The Morgan fingerprint density at radius 1 is 0.506 bits per heavy atom. The summed E-state index contributed by atoms with van der Waals surface area (Å²) in [5.41, 5.74) is 0. The van der Waals surface area contributed by atoms with E-state index in [4.69, 9.17) is 14.2 Å². The van der Waals surface area contributed by atoms with Crippen molar-refractivity contribution in [3.05, 3.63) is 48.6 Å². The number of nitrogens with one attached hydrogen (secondary N) is 1. The molecule has 0 aromatic rings. The zero-order valence-electron chi connectivity index (χ0n) is 49.8. The third-order valence-corrected chi connectivity index (χ3v) is 15.2. The Balaban J connectivity index is 2.50. The van der Waals surface area contributed by atoms with Gasteiger partial charge in [0.1, 0.15) is 24.4 Å². The molecule has 1 aliphatic heterocycles. The average Bonchev–Trinajstić information content (AvgIpc) is 3.43. The Morgan fingerprint density at radius 3 is 1.40 bits per heavy atom. The molecule has 0 bridgehead atoms. The lowest BCUT2D eigenvalue weighted by Gasteiger charge is -2.41. The second-order valence-corrected chi connectivity index (χ2v) is 22.5. The van der Waals surface area contributed by atoms with Gasteiger partial charge in [-0.05, 0) is 77.0 Å². The van der Waals surface area contributed by atoms with Crippen molar-refractivity contribution in [2.75, 3.05) is 13.2 Å². The molecule has 11 nitrogen and oxygen atoms in total. The highest BCUT2D eigenvalue weighted by molar-refractivity contribution is 5.80. The van der Waals surface area contributed by atoms with E-state index in [9.17, 15) is 35.1 Å². The van der Waals surface area contributed by atoms with Crippen LogP contribution in [-0.2, 0) is 23.8 Å². The van der Waals surface area contributed by atoms with Gasteiger partial charge in [-0.15, -0.1) is 0 Å². The zero-order valence-corrected chi connectivity index (χ0v) is 49.8. The molecule has 11 heteroatoms. The van der Waals surface area contributed by atoms with Crippen LogP contribution in [0.2, 0.25) is 0 Å². The number of rotatable bonds is 55. The van der Waals surface area contributed by atoms with E-state index in [1.807, 2.05) is 6.08 Å². The molecular weight excluding hydrogens is 967 g/mol. The number of hydrogen-bond donors (Lipinski definition) is 6. The van der Waals surface area contributed by atoms with Crippen molar-refractivity contribution in [2.45, 2.75) is 346 Å². The van der Waals surface area contributed by atoms with Crippen LogP contribution in [-0.4, -0.2) is 99.6 Å². The highest BCUT2D eigenvalue weighted by Crippen LogP contribution is 2.26. The van der Waals surface area contributed by atoms with Crippen molar-refractivity contribution in [1.82, 2.24) is 5.32 Å². The topological polar surface area (TPSA) is 175 Å². The number of carbonyl (C=O) groups excluding carboxylic acids is 2. The van der Waals surface area contributed by atoms with Gasteiger partial charge < -0.3 is 45.1 Å². The summed E-state index contributed by atoms with van der Waals surface area (Å²) in [7, 11) is 0. The summed E-state index contributed by atoms with van der Waals surface area (Å²) in [5.74, 6) is -1.20. The van der Waals surface area contributed by atoms with Crippen LogP contribution in [0.3, 0.4) is 0 Å². The SMILES string of the molecule is CCCC/C=C\CCCCCCC(O)C(=O)NC(COC1OC(CO)C(O)C(O)C1OC(=O)CCCCCCCCCCCCCCCCCCC/C=C\C/C=C\CCCCC)C(O)/C=C/CCCCCCCCCCC. The monoisotopic (exact) mass is 1090 g/mol. The molecule has 0 radical (unpaired) electrons. The number of hydrogen-bond acceptors (Lipinski definition) is 10. The second-order valence-electron chi connectivity index (χ2n) is 22.5. The van der Waals surface area contributed by atoms with Crippen molar-refractivity contribution < 1.29 is 49.3 Å². The first-order valence-electron chi connectivity index (χ1n) is 32.4. The van der Waals surface area contributed by atoms with Gasteiger partial charge in [0.15, 0.2) is 12.4 Å². The quantitative estimate of drug-likeness (QED) is 0.0195. The molecule has 0 aliphatic carbocycles. The number of carbonyl (C=O) groups is 2. The fourth-order valence-electron chi connectivity index (χ4n) is 10.0. The molecule has 8 unspecified atom stereocenters. The zero-order chi connectivity index (χ0) is 56.1. The van der Waals surface area contributed by atoms with Crippen molar-refractivity contribution in [2.24, 2.45) is 0 Å². The number of esters is 1. The Bertz CT molecular complexity index is 1440. The van der Waals surface area contributed by atoms with Gasteiger partial charge in [0, 0.05) is 6.42 Å². The van der Waals surface area contributed by atoms with E-state index in [1.165, 1.54) is 173 Å². The third-order valence-electron chi connectivity index (χ3n) is 15.2. The Labute approximate surface area is 472 Å². The minimum absolute atomic E-state index is 0.125. The van der Waals surface area contributed by atoms with Gasteiger partial charge in [0.2, 0.25) is 5.91 Å². The smallest absolute Gasteiger partial charge is 0.306 e. The van der Waals surface area contributed by atoms with Gasteiger partial charge in [-0.2, -0.15) is 0 Å². The number of amides is 1. The predicted octanol–water partition coefficient (Wildman–Crippen LogP) is 15.6. The van der Waals surface area contributed by atoms with Crippen molar-refractivity contribution in [3.63, 3.8) is 0 Å². The van der Waals surface area contributed by atoms with Crippen LogP contribution in [0.1, 0.15) is 297 Å². The molecule has 1 heterocycles. The van der Waals surface area contributed by atoms with Gasteiger partial charge in [0.25, 0.3) is 0 Å². The summed E-state index contributed by atoms with van der Waals surface area (Å²) in [6.45, 7) is 5.72. The molecular formula is C66H121NO10. The van der Waals surface area contributed by atoms with Crippen LogP contribution in [0, 0.1) is 0 Å². The van der Waals surface area contributed by atoms with E-state index in [0.717, 1.165) is 77.0 Å².